The Morgan fingerprint density at radius 2 is 1.67 bits per heavy atom. The molecule has 0 bridgehead atoms. The van der Waals surface area contributed by atoms with Crippen molar-refractivity contribution >= 4 is 23.4 Å². The molecule has 8 nitrogen and oxygen atoms in total. The van der Waals surface area contributed by atoms with Crippen LogP contribution in [-0.4, -0.2) is 36.0 Å². The first kappa shape index (κ1) is 19.4. The molecule has 0 aliphatic carbocycles. The molecule has 0 unspecified atom stereocenters. The summed E-state index contributed by atoms with van der Waals surface area (Å²) in [4.78, 5) is 42.5. The Labute approximate surface area is 189 Å². The zero-order valence-electron chi connectivity index (χ0n) is 17.5. The number of para-hydroxylation sites is 1. The van der Waals surface area contributed by atoms with Crippen LogP contribution < -0.4 is 19.7 Å². The Balaban J connectivity index is 1.27. The standard InChI is InChI=1S/C25H19N3O5/c29-22(26-12-15-9-10-20-21(11-15)33-14-32-20)13-27-23-16-5-1-2-6-17(16)25(31)28(23)19-8-4-3-7-18(19)24(27)30/h1-11,23H,12-14H2,(H,26,29)/t23-/m1/s1. The molecule has 0 radical (unpaired) electrons. The van der Waals surface area contributed by atoms with Crippen LogP contribution in [0.5, 0.6) is 11.5 Å². The number of nitrogens with one attached hydrogen (secondary N) is 1. The fraction of sp³-hybridized carbons (Fsp3) is 0.160. The molecular formula is C25H19N3O5. The second-order valence-electron chi connectivity index (χ2n) is 8.05. The van der Waals surface area contributed by atoms with Crippen molar-refractivity contribution in [2.45, 2.75) is 12.7 Å². The van der Waals surface area contributed by atoms with E-state index in [4.69, 9.17) is 9.47 Å². The molecule has 3 aromatic carbocycles. The molecule has 0 aromatic heterocycles. The summed E-state index contributed by atoms with van der Waals surface area (Å²) in [5.41, 5.74) is 3.07. The van der Waals surface area contributed by atoms with Gasteiger partial charge in [-0.15, -0.1) is 0 Å². The van der Waals surface area contributed by atoms with Gasteiger partial charge in [0.05, 0.1) is 11.3 Å². The summed E-state index contributed by atoms with van der Waals surface area (Å²) in [5.74, 6) is 0.529. The number of carbonyl (C=O) groups is 3. The van der Waals surface area contributed by atoms with E-state index in [2.05, 4.69) is 5.32 Å². The average Bonchev–Trinajstić information content (AvgIpc) is 3.43. The van der Waals surface area contributed by atoms with Gasteiger partial charge in [-0.3, -0.25) is 19.3 Å². The first-order valence-corrected chi connectivity index (χ1v) is 10.6. The van der Waals surface area contributed by atoms with Crippen LogP contribution in [0.2, 0.25) is 0 Å². The molecule has 3 aromatic rings. The van der Waals surface area contributed by atoms with Crippen LogP contribution in [0.4, 0.5) is 5.69 Å². The lowest BCUT2D eigenvalue weighted by atomic mass is 10.0. The van der Waals surface area contributed by atoms with Crippen molar-refractivity contribution < 1.29 is 23.9 Å². The monoisotopic (exact) mass is 441 g/mol. The Morgan fingerprint density at radius 1 is 0.909 bits per heavy atom. The minimum atomic E-state index is -0.660. The quantitative estimate of drug-likeness (QED) is 0.673. The number of fused-ring (bicyclic) bond motifs is 6. The molecule has 3 amide bonds. The number of benzene rings is 3. The Kier molecular flexibility index (Phi) is 4.33. The fourth-order valence-corrected chi connectivity index (χ4v) is 4.60. The highest BCUT2D eigenvalue weighted by Gasteiger charge is 2.48. The van der Waals surface area contributed by atoms with Gasteiger partial charge < -0.3 is 19.7 Å². The molecule has 0 fully saturated rings. The predicted molar refractivity (Wildman–Crippen MR) is 118 cm³/mol. The normalized spacial score (nSPS) is 17.5. The van der Waals surface area contributed by atoms with Crippen molar-refractivity contribution in [3.63, 3.8) is 0 Å². The second-order valence-corrected chi connectivity index (χ2v) is 8.05. The molecule has 3 aliphatic heterocycles. The summed E-state index contributed by atoms with van der Waals surface area (Å²) >= 11 is 0. The lowest BCUT2D eigenvalue weighted by molar-refractivity contribution is -0.122. The first-order valence-electron chi connectivity index (χ1n) is 10.6. The summed E-state index contributed by atoms with van der Waals surface area (Å²) < 4.78 is 10.7. The molecule has 6 rings (SSSR count). The Morgan fingerprint density at radius 3 is 2.55 bits per heavy atom. The molecule has 1 N–H and O–H groups in total. The Bertz CT molecular complexity index is 1320. The summed E-state index contributed by atoms with van der Waals surface area (Å²) in [6.45, 7) is 0.278. The van der Waals surface area contributed by atoms with E-state index in [0.717, 1.165) is 5.56 Å². The molecule has 0 spiro atoms. The zero-order valence-corrected chi connectivity index (χ0v) is 17.5. The second kappa shape index (κ2) is 7.37. The number of ether oxygens (including phenoxy) is 2. The SMILES string of the molecule is O=C(CN1C(=O)c2ccccc2N2C(=O)c3ccccc3[C@H]12)NCc1ccc2c(c1)OCO2. The van der Waals surface area contributed by atoms with Gasteiger partial charge in [0.2, 0.25) is 12.7 Å². The van der Waals surface area contributed by atoms with Crippen molar-refractivity contribution in [3.8, 4) is 11.5 Å². The fourth-order valence-electron chi connectivity index (χ4n) is 4.60. The summed E-state index contributed by atoms with van der Waals surface area (Å²) in [6, 6.07) is 19.7. The van der Waals surface area contributed by atoms with Gasteiger partial charge >= 0.3 is 0 Å². The van der Waals surface area contributed by atoms with E-state index in [1.54, 1.807) is 47.4 Å². The third-order valence-electron chi connectivity index (χ3n) is 6.12. The molecule has 8 heteroatoms. The highest BCUT2D eigenvalue weighted by Crippen LogP contribution is 2.44. The summed E-state index contributed by atoms with van der Waals surface area (Å²) in [6.07, 6.45) is -0.660. The van der Waals surface area contributed by atoms with Crippen LogP contribution in [0.3, 0.4) is 0 Å². The van der Waals surface area contributed by atoms with E-state index in [0.29, 0.717) is 33.9 Å². The van der Waals surface area contributed by atoms with Gasteiger partial charge in [-0.25, -0.2) is 0 Å². The number of anilines is 1. The maximum absolute atomic E-state index is 13.4. The van der Waals surface area contributed by atoms with Crippen molar-refractivity contribution in [3.05, 3.63) is 89.0 Å². The smallest absolute Gasteiger partial charge is 0.260 e. The predicted octanol–water partition coefficient (Wildman–Crippen LogP) is 2.85. The number of carbonyl (C=O) groups excluding carboxylic acids is 3. The van der Waals surface area contributed by atoms with Crippen LogP contribution in [-0.2, 0) is 11.3 Å². The molecule has 1 atom stereocenters. The zero-order chi connectivity index (χ0) is 22.5. The van der Waals surface area contributed by atoms with Crippen LogP contribution in [0.25, 0.3) is 0 Å². The topological polar surface area (TPSA) is 88.2 Å². The van der Waals surface area contributed by atoms with Crippen molar-refractivity contribution in [2.75, 3.05) is 18.2 Å². The van der Waals surface area contributed by atoms with Gasteiger partial charge in [-0.1, -0.05) is 36.4 Å². The number of nitrogens with zero attached hydrogens (tertiary/aromatic N) is 2. The minimum Gasteiger partial charge on any atom is -0.454 e. The average molecular weight is 441 g/mol. The van der Waals surface area contributed by atoms with E-state index < -0.39 is 6.17 Å². The van der Waals surface area contributed by atoms with Gasteiger partial charge in [0, 0.05) is 17.7 Å². The largest absolute Gasteiger partial charge is 0.454 e. The molecule has 164 valence electrons. The molecule has 3 aliphatic rings. The van der Waals surface area contributed by atoms with E-state index in [1.165, 1.54) is 4.90 Å². The number of rotatable bonds is 4. The van der Waals surface area contributed by atoms with Gasteiger partial charge in [-0.2, -0.15) is 0 Å². The van der Waals surface area contributed by atoms with Crippen molar-refractivity contribution in [1.82, 2.24) is 10.2 Å². The molecule has 33 heavy (non-hydrogen) atoms. The Hall–Kier alpha value is -4.33. The first-order chi connectivity index (χ1) is 16.1. The highest BCUT2D eigenvalue weighted by atomic mass is 16.7. The van der Waals surface area contributed by atoms with Crippen LogP contribution in [0, 0.1) is 0 Å². The lowest BCUT2D eigenvalue weighted by Crippen LogP contribution is -2.51. The lowest BCUT2D eigenvalue weighted by Gasteiger charge is -2.40. The van der Waals surface area contributed by atoms with Crippen molar-refractivity contribution in [2.24, 2.45) is 0 Å². The third-order valence-corrected chi connectivity index (χ3v) is 6.12. The highest BCUT2D eigenvalue weighted by molar-refractivity contribution is 6.17. The maximum Gasteiger partial charge on any atom is 0.260 e. The van der Waals surface area contributed by atoms with Crippen LogP contribution in [0.15, 0.2) is 66.7 Å². The van der Waals surface area contributed by atoms with Gasteiger partial charge in [0.25, 0.3) is 11.8 Å². The van der Waals surface area contributed by atoms with Gasteiger partial charge in [0.15, 0.2) is 11.5 Å². The number of hydrogen-bond acceptors (Lipinski definition) is 5. The minimum absolute atomic E-state index is 0.179. The van der Waals surface area contributed by atoms with E-state index >= 15 is 0 Å². The number of amides is 3. The molecule has 3 heterocycles. The molecule has 0 saturated carbocycles. The van der Waals surface area contributed by atoms with E-state index in [-0.39, 0.29) is 37.6 Å². The summed E-state index contributed by atoms with van der Waals surface area (Å²) in [5, 5.41) is 2.86. The number of hydrogen-bond donors (Lipinski definition) is 1. The molecule has 0 saturated heterocycles. The van der Waals surface area contributed by atoms with Gasteiger partial charge in [-0.05, 0) is 35.9 Å². The van der Waals surface area contributed by atoms with Gasteiger partial charge in [0.1, 0.15) is 12.7 Å². The molecular weight excluding hydrogens is 422 g/mol. The van der Waals surface area contributed by atoms with Crippen LogP contribution in [0.1, 0.15) is 38.0 Å². The summed E-state index contributed by atoms with van der Waals surface area (Å²) in [7, 11) is 0. The van der Waals surface area contributed by atoms with E-state index in [9.17, 15) is 14.4 Å². The van der Waals surface area contributed by atoms with Crippen molar-refractivity contribution in [1.29, 1.82) is 0 Å². The third kappa shape index (κ3) is 3.02. The van der Waals surface area contributed by atoms with Crippen LogP contribution >= 0.6 is 0 Å². The van der Waals surface area contributed by atoms with E-state index in [1.807, 2.05) is 24.3 Å². The maximum atomic E-state index is 13.4.